The SMILES string of the molecule is COC(=O)NCCCC1CC1. The number of nitrogens with one attached hydrogen (secondary N) is 1. The quantitative estimate of drug-likeness (QED) is 0.628. The third-order valence-electron chi connectivity index (χ3n) is 1.94. The van der Waals surface area contributed by atoms with Crippen molar-refractivity contribution in [2.45, 2.75) is 25.7 Å². The first-order valence-corrected chi connectivity index (χ1v) is 4.14. The van der Waals surface area contributed by atoms with Crippen molar-refractivity contribution in [1.82, 2.24) is 5.32 Å². The van der Waals surface area contributed by atoms with Gasteiger partial charge in [-0.05, 0) is 18.8 Å². The Morgan fingerprint density at radius 2 is 2.36 bits per heavy atom. The Morgan fingerprint density at radius 3 is 2.91 bits per heavy atom. The van der Waals surface area contributed by atoms with Crippen LogP contribution in [0.1, 0.15) is 25.7 Å². The molecule has 0 aromatic heterocycles. The van der Waals surface area contributed by atoms with Crippen molar-refractivity contribution in [2.75, 3.05) is 13.7 Å². The Morgan fingerprint density at radius 1 is 1.64 bits per heavy atom. The van der Waals surface area contributed by atoms with E-state index in [-0.39, 0.29) is 6.09 Å². The fourth-order valence-electron chi connectivity index (χ4n) is 1.06. The predicted molar refractivity (Wildman–Crippen MR) is 42.4 cm³/mol. The maximum Gasteiger partial charge on any atom is 0.406 e. The molecule has 0 aromatic carbocycles. The molecule has 0 spiro atoms. The van der Waals surface area contributed by atoms with E-state index in [4.69, 9.17) is 0 Å². The molecule has 64 valence electrons. The lowest BCUT2D eigenvalue weighted by molar-refractivity contribution is 0.171. The molecule has 1 amide bonds. The van der Waals surface area contributed by atoms with Crippen molar-refractivity contribution in [3.63, 3.8) is 0 Å². The summed E-state index contributed by atoms with van der Waals surface area (Å²) in [4.78, 5) is 10.5. The molecule has 0 heterocycles. The zero-order valence-electron chi connectivity index (χ0n) is 6.93. The van der Waals surface area contributed by atoms with Gasteiger partial charge in [0.25, 0.3) is 0 Å². The highest BCUT2D eigenvalue weighted by molar-refractivity contribution is 5.66. The van der Waals surface area contributed by atoms with Crippen molar-refractivity contribution in [2.24, 2.45) is 5.92 Å². The topological polar surface area (TPSA) is 38.3 Å². The summed E-state index contributed by atoms with van der Waals surface area (Å²) in [5, 5.41) is 2.65. The number of methoxy groups -OCH3 is 1. The van der Waals surface area contributed by atoms with Crippen LogP contribution < -0.4 is 5.32 Å². The van der Waals surface area contributed by atoms with E-state index in [2.05, 4.69) is 10.1 Å². The number of rotatable bonds is 4. The number of amides is 1. The molecule has 0 radical (unpaired) electrons. The fraction of sp³-hybridized carbons (Fsp3) is 0.875. The van der Waals surface area contributed by atoms with Gasteiger partial charge < -0.3 is 10.1 Å². The van der Waals surface area contributed by atoms with Crippen LogP contribution in [0, 0.1) is 5.92 Å². The van der Waals surface area contributed by atoms with Crippen molar-refractivity contribution >= 4 is 6.09 Å². The third kappa shape index (κ3) is 3.86. The highest BCUT2D eigenvalue weighted by atomic mass is 16.5. The summed E-state index contributed by atoms with van der Waals surface area (Å²) >= 11 is 0. The molecule has 11 heavy (non-hydrogen) atoms. The molecule has 3 heteroatoms. The van der Waals surface area contributed by atoms with E-state index in [1.54, 1.807) is 0 Å². The van der Waals surface area contributed by atoms with Crippen molar-refractivity contribution in [1.29, 1.82) is 0 Å². The Labute approximate surface area is 67.1 Å². The summed E-state index contributed by atoms with van der Waals surface area (Å²) in [5.74, 6) is 0.953. The fourth-order valence-corrected chi connectivity index (χ4v) is 1.06. The van der Waals surface area contributed by atoms with Crippen LogP contribution in [0.15, 0.2) is 0 Å². The summed E-state index contributed by atoms with van der Waals surface area (Å²) in [6, 6.07) is 0. The maximum atomic E-state index is 10.5. The van der Waals surface area contributed by atoms with Gasteiger partial charge in [0.15, 0.2) is 0 Å². The largest absolute Gasteiger partial charge is 0.453 e. The second kappa shape index (κ2) is 4.21. The Balaban J connectivity index is 1.82. The van der Waals surface area contributed by atoms with Gasteiger partial charge in [-0.1, -0.05) is 12.8 Å². The molecule has 0 bridgehead atoms. The maximum absolute atomic E-state index is 10.5. The molecule has 1 aliphatic carbocycles. The van der Waals surface area contributed by atoms with E-state index in [0.29, 0.717) is 0 Å². The highest BCUT2D eigenvalue weighted by Crippen LogP contribution is 2.33. The van der Waals surface area contributed by atoms with Crippen LogP contribution in [-0.2, 0) is 4.74 Å². The molecule has 0 atom stereocenters. The van der Waals surface area contributed by atoms with Gasteiger partial charge in [0.1, 0.15) is 0 Å². The Hall–Kier alpha value is -0.730. The monoisotopic (exact) mass is 157 g/mol. The van der Waals surface area contributed by atoms with E-state index in [1.807, 2.05) is 0 Å². The zero-order chi connectivity index (χ0) is 8.10. The van der Waals surface area contributed by atoms with Crippen molar-refractivity contribution in [3.05, 3.63) is 0 Å². The smallest absolute Gasteiger partial charge is 0.406 e. The third-order valence-corrected chi connectivity index (χ3v) is 1.94. The normalized spacial score (nSPS) is 16.1. The van der Waals surface area contributed by atoms with Gasteiger partial charge in [0.2, 0.25) is 0 Å². The standard InChI is InChI=1S/C8H15NO2/c1-11-8(10)9-6-2-3-7-4-5-7/h7H,2-6H2,1H3,(H,9,10). The van der Waals surface area contributed by atoms with E-state index in [1.165, 1.54) is 26.4 Å². The minimum Gasteiger partial charge on any atom is -0.453 e. The molecule has 3 nitrogen and oxygen atoms in total. The molecule has 1 fully saturated rings. The van der Waals surface area contributed by atoms with E-state index < -0.39 is 0 Å². The Bertz CT molecular complexity index is 132. The Kier molecular flexibility index (Phi) is 3.20. The van der Waals surface area contributed by atoms with Crippen LogP contribution in [-0.4, -0.2) is 19.7 Å². The summed E-state index contributed by atoms with van der Waals surface area (Å²) in [7, 11) is 1.39. The number of hydrogen-bond acceptors (Lipinski definition) is 2. The lowest BCUT2D eigenvalue weighted by atomic mass is 10.2. The molecule has 1 rings (SSSR count). The number of ether oxygens (including phenoxy) is 1. The van der Waals surface area contributed by atoms with Gasteiger partial charge in [-0.2, -0.15) is 0 Å². The van der Waals surface area contributed by atoms with Crippen LogP contribution in [0.5, 0.6) is 0 Å². The first-order chi connectivity index (χ1) is 5.33. The van der Waals surface area contributed by atoms with Crippen LogP contribution in [0.2, 0.25) is 0 Å². The van der Waals surface area contributed by atoms with Crippen LogP contribution >= 0.6 is 0 Å². The average Bonchev–Trinajstić information content (AvgIpc) is 2.81. The van der Waals surface area contributed by atoms with E-state index >= 15 is 0 Å². The average molecular weight is 157 g/mol. The van der Waals surface area contributed by atoms with Crippen molar-refractivity contribution < 1.29 is 9.53 Å². The van der Waals surface area contributed by atoms with Gasteiger partial charge in [-0.15, -0.1) is 0 Å². The lowest BCUT2D eigenvalue weighted by Crippen LogP contribution is -2.23. The van der Waals surface area contributed by atoms with Crippen LogP contribution in [0.3, 0.4) is 0 Å². The summed E-state index contributed by atoms with van der Waals surface area (Å²) < 4.78 is 4.42. The second-order valence-corrected chi connectivity index (χ2v) is 3.00. The number of carbonyl (C=O) groups is 1. The molecule has 1 saturated carbocycles. The molecule has 0 aliphatic heterocycles. The minimum absolute atomic E-state index is 0.319. The lowest BCUT2D eigenvalue weighted by Gasteiger charge is -2.01. The van der Waals surface area contributed by atoms with Gasteiger partial charge >= 0.3 is 6.09 Å². The summed E-state index contributed by atoms with van der Waals surface area (Å²) in [6.45, 7) is 0.753. The van der Waals surface area contributed by atoms with Gasteiger partial charge in [0.05, 0.1) is 7.11 Å². The summed E-state index contributed by atoms with van der Waals surface area (Å²) in [6.07, 6.45) is 4.79. The van der Waals surface area contributed by atoms with Gasteiger partial charge in [-0.25, -0.2) is 4.79 Å². The molecule has 0 aromatic rings. The zero-order valence-corrected chi connectivity index (χ0v) is 6.93. The first-order valence-electron chi connectivity index (χ1n) is 4.14. The molecule has 1 aliphatic rings. The van der Waals surface area contributed by atoms with Crippen LogP contribution in [0.25, 0.3) is 0 Å². The molecular formula is C8H15NO2. The molecule has 0 unspecified atom stereocenters. The second-order valence-electron chi connectivity index (χ2n) is 3.00. The number of alkyl carbamates (subject to hydrolysis) is 1. The molecule has 0 saturated heterocycles. The number of hydrogen-bond donors (Lipinski definition) is 1. The van der Waals surface area contributed by atoms with E-state index in [0.717, 1.165) is 18.9 Å². The first kappa shape index (κ1) is 8.37. The van der Waals surface area contributed by atoms with Crippen molar-refractivity contribution in [3.8, 4) is 0 Å². The molecule has 1 N–H and O–H groups in total. The minimum atomic E-state index is -0.319. The van der Waals surface area contributed by atoms with Gasteiger partial charge in [0, 0.05) is 6.54 Å². The highest BCUT2D eigenvalue weighted by Gasteiger charge is 2.19. The summed E-state index contributed by atoms with van der Waals surface area (Å²) in [5.41, 5.74) is 0. The predicted octanol–water partition coefficient (Wildman–Crippen LogP) is 1.53. The van der Waals surface area contributed by atoms with Crippen LogP contribution in [0.4, 0.5) is 4.79 Å². The van der Waals surface area contributed by atoms with Gasteiger partial charge in [-0.3, -0.25) is 0 Å². The number of carbonyl (C=O) groups excluding carboxylic acids is 1. The van der Waals surface area contributed by atoms with E-state index in [9.17, 15) is 4.79 Å². The molecular weight excluding hydrogens is 142 g/mol.